The highest BCUT2D eigenvalue weighted by Crippen LogP contribution is 2.28. The fourth-order valence-electron chi connectivity index (χ4n) is 2.23. The predicted octanol–water partition coefficient (Wildman–Crippen LogP) is 1.54. The first kappa shape index (κ1) is 13.1. The quantitative estimate of drug-likeness (QED) is 0.797. The SMILES string of the molecule is COCCn1cc(N2CC(C(C)C)CC2=O)cn1. The molecule has 1 aliphatic heterocycles. The Morgan fingerprint density at radius 1 is 1.56 bits per heavy atom. The number of hydrogen-bond donors (Lipinski definition) is 0. The maximum atomic E-state index is 12.0. The summed E-state index contributed by atoms with van der Waals surface area (Å²) in [6.45, 7) is 6.50. The normalized spacial score (nSPS) is 20.1. The topological polar surface area (TPSA) is 47.4 Å². The van der Waals surface area contributed by atoms with Crippen LogP contribution in [0.25, 0.3) is 0 Å². The zero-order valence-electron chi connectivity index (χ0n) is 11.3. The van der Waals surface area contributed by atoms with Crippen LogP contribution in [0, 0.1) is 11.8 Å². The van der Waals surface area contributed by atoms with Crippen molar-refractivity contribution < 1.29 is 9.53 Å². The zero-order chi connectivity index (χ0) is 13.1. The summed E-state index contributed by atoms with van der Waals surface area (Å²) in [5, 5.41) is 4.25. The molecular formula is C13H21N3O2. The predicted molar refractivity (Wildman–Crippen MR) is 69.4 cm³/mol. The number of carbonyl (C=O) groups excluding carboxylic acids is 1. The second-order valence-electron chi connectivity index (χ2n) is 5.17. The number of nitrogens with zero attached hydrogens (tertiary/aromatic N) is 3. The van der Waals surface area contributed by atoms with Crippen LogP contribution in [0.15, 0.2) is 12.4 Å². The van der Waals surface area contributed by atoms with Gasteiger partial charge in [0, 0.05) is 26.3 Å². The number of aromatic nitrogens is 2. The first-order valence-electron chi connectivity index (χ1n) is 6.43. The summed E-state index contributed by atoms with van der Waals surface area (Å²) in [6.07, 6.45) is 4.33. The number of ether oxygens (including phenoxy) is 1. The van der Waals surface area contributed by atoms with Crippen molar-refractivity contribution >= 4 is 11.6 Å². The van der Waals surface area contributed by atoms with Crippen molar-refractivity contribution in [3.63, 3.8) is 0 Å². The van der Waals surface area contributed by atoms with Crippen LogP contribution in [-0.4, -0.2) is 35.9 Å². The van der Waals surface area contributed by atoms with E-state index in [1.54, 1.807) is 13.3 Å². The largest absolute Gasteiger partial charge is 0.383 e. The van der Waals surface area contributed by atoms with Gasteiger partial charge in [0.05, 0.1) is 25.0 Å². The molecule has 1 unspecified atom stereocenters. The summed E-state index contributed by atoms with van der Waals surface area (Å²) in [5.41, 5.74) is 0.902. The van der Waals surface area contributed by atoms with E-state index in [0.717, 1.165) is 12.2 Å². The Morgan fingerprint density at radius 2 is 2.33 bits per heavy atom. The van der Waals surface area contributed by atoms with E-state index < -0.39 is 0 Å². The van der Waals surface area contributed by atoms with Crippen molar-refractivity contribution in [3.05, 3.63) is 12.4 Å². The van der Waals surface area contributed by atoms with E-state index in [9.17, 15) is 4.79 Å². The molecular weight excluding hydrogens is 230 g/mol. The van der Waals surface area contributed by atoms with Gasteiger partial charge in [-0.3, -0.25) is 9.48 Å². The molecule has 0 bridgehead atoms. The van der Waals surface area contributed by atoms with E-state index in [1.807, 2.05) is 15.8 Å². The molecule has 0 N–H and O–H groups in total. The van der Waals surface area contributed by atoms with Gasteiger partial charge in [0.2, 0.25) is 5.91 Å². The van der Waals surface area contributed by atoms with Gasteiger partial charge in [0.25, 0.3) is 0 Å². The maximum absolute atomic E-state index is 12.0. The molecule has 1 atom stereocenters. The molecule has 2 rings (SSSR count). The molecule has 0 spiro atoms. The molecule has 0 saturated carbocycles. The van der Waals surface area contributed by atoms with Gasteiger partial charge in [-0.15, -0.1) is 0 Å². The van der Waals surface area contributed by atoms with Crippen LogP contribution in [0.2, 0.25) is 0 Å². The molecule has 0 aliphatic carbocycles. The molecule has 5 heteroatoms. The van der Waals surface area contributed by atoms with Crippen molar-refractivity contribution in [1.82, 2.24) is 9.78 Å². The van der Waals surface area contributed by atoms with Gasteiger partial charge in [-0.2, -0.15) is 5.10 Å². The first-order valence-corrected chi connectivity index (χ1v) is 6.43. The highest BCUT2D eigenvalue weighted by atomic mass is 16.5. The van der Waals surface area contributed by atoms with Gasteiger partial charge in [0.15, 0.2) is 0 Å². The van der Waals surface area contributed by atoms with E-state index in [4.69, 9.17) is 4.74 Å². The number of anilines is 1. The smallest absolute Gasteiger partial charge is 0.227 e. The highest BCUT2D eigenvalue weighted by molar-refractivity contribution is 5.95. The number of carbonyl (C=O) groups is 1. The van der Waals surface area contributed by atoms with Gasteiger partial charge in [-0.1, -0.05) is 13.8 Å². The van der Waals surface area contributed by atoms with Crippen LogP contribution in [0.3, 0.4) is 0 Å². The molecule has 1 aliphatic rings. The Kier molecular flexibility index (Phi) is 4.01. The Balaban J connectivity index is 2.03. The Bertz CT molecular complexity index is 414. The van der Waals surface area contributed by atoms with Crippen LogP contribution in [0.1, 0.15) is 20.3 Å². The summed E-state index contributed by atoms with van der Waals surface area (Å²) in [5.74, 6) is 1.21. The lowest BCUT2D eigenvalue weighted by atomic mass is 9.95. The van der Waals surface area contributed by atoms with Gasteiger partial charge in [-0.05, 0) is 11.8 Å². The van der Waals surface area contributed by atoms with Crippen LogP contribution in [0.5, 0.6) is 0 Å². The van der Waals surface area contributed by atoms with E-state index in [1.165, 1.54) is 0 Å². The fraction of sp³-hybridized carbons (Fsp3) is 0.692. The van der Waals surface area contributed by atoms with Crippen LogP contribution < -0.4 is 4.90 Å². The van der Waals surface area contributed by atoms with Crippen molar-refractivity contribution in [2.24, 2.45) is 11.8 Å². The molecule has 0 radical (unpaired) electrons. The van der Waals surface area contributed by atoms with Crippen LogP contribution >= 0.6 is 0 Å². The van der Waals surface area contributed by atoms with E-state index in [-0.39, 0.29) is 5.91 Å². The van der Waals surface area contributed by atoms with Crippen molar-refractivity contribution in [1.29, 1.82) is 0 Å². The van der Waals surface area contributed by atoms with Crippen LogP contribution in [-0.2, 0) is 16.1 Å². The number of amides is 1. The Labute approximate surface area is 108 Å². The lowest BCUT2D eigenvalue weighted by Crippen LogP contribution is -2.24. The van der Waals surface area contributed by atoms with Crippen molar-refractivity contribution in [3.8, 4) is 0 Å². The lowest BCUT2D eigenvalue weighted by Gasteiger charge is -2.16. The first-order chi connectivity index (χ1) is 8.61. The minimum Gasteiger partial charge on any atom is -0.383 e. The summed E-state index contributed by atoms with van der Waals surface area (Å²) < 4.78 is 6.82. The van der Waals surface area contributed by atoms with Crippen molar-refractivity contribution in [2.45, 2.75) is 26.8 Å². The molecule has 2 heterocycles. The third-order valence-electron chi connectivity index (χ3n) is 3.55. The average Bonchev–Trinajstić information content (AvgIpc) is 2.92. The molecule has 1 fully saturated rings. The summed E-state index contributed by atoms with van der Waals surface area (Å²) >= 11 is 0. The summed E-state index contributed by atoms with van der Waals surface area (Å²) in [7, 11) is 1.67. The Hall–Kier alpha value is -1.36. The van der Waals surface area contributed by atoms with Gasteiger partial charge >= 0.3 is 0 Å². The third-order valence-corrected chi connectivity index (χ3v) is 3.55. The molecule has 1 amide bonds. The Morgan fingerprint density at radius 3 is 2.94 bits per heavy atom. The second-order valence-corrected chi connectivity index (χ2v) is 5.17. The highest BCUT2D eigenvalue weighted by Gasteiger charge is 2.32. The number of hydrogen-bond acceptors (Lipinski definition) is 3. The average molecular weight is 251 g/mol. The zero-order valence-corrected chi connectivity index (χ0v) is 11.3. The van der Waals surface area contributed by atoms with Gasteiger partial charge in [-0.25, -0.2) is 0 Å². The number of methoxy groups -OCH3 is 1. The molecule has 1 aromatic heterocycles. The monoisotopic (exact) mass is 251 g/mol. The van der Waals surface area contributed by atoms with Crippen LogP contribution in [0.4, 0.5) is 5.69 Å². The van der Waals surface area contributed by atoms with E-state index in [2.05, 4.69) is 18.9 Å². The second kappa shape index (κ2) is 5.52. The van der Waals surface area contributed by atoms with E-state index >= 15 is 0 Å². The minimum absolute atomic E-state index is 0.208. The summed E-state index contributed by atoms with van der Waals surface area (Å²) in [4.78, 5) is 13.8. The lowest BCUT2D eigenvalue weighted by molar-refractivity contribution is -0.117. The minimum atomic E-state index is 0.208. The fourth-order valence-corrected chi connectivity index (χ4v) is 2.23. The molecule has 1 aromatic rings. The standard InChI is InChI=1S/C13H21N3O2/c1-10(2)11-6-13(17)16(8-11)12-7-14-15(9-12)4-5-18-3/h7,9-11H,4-6,8H2,1-3H3. The molecule has 100 valence electrons. The van der Waals surface area contributed by atoms with Crippen molar-refractivity contribution in [2.75, 3.05) is 25.2 Å². The molecule has 5 nitrogen and oxygen atoms in total. The molecule has 18 heavy (non-hydrogen) atoms. The van der Waals surface area contributed by atoms with Gasteiger partial charge in [0.1, 0.15) is 0 Å². The molecule has 0 aromatic carbocycles. The third kappa shape index (κ3) is 2.72. The van der Waals surface area contributed by atoms with E-state index in [0.29, 0.717) is 31.4 Å². The molecule has 1 saturated heterocycles. The van der Waals surface area contributed by atoms with Gasteiger partial charge < -0.3 is 9.64 Å². The number of rotatable bonds is 5. The summed E-state index contributed by atoms with van der Waals surface area (Å²) in [6, 6.07) is 0. The maximum Gasteiger partial charge on any atom is 0.227 e.